The molecule has 11 aromatic carbocycles. The van der Waals surface area contributed by atoms with Crippen molar-refractivity contribution in [2.75, 3.05) is 0 Å². The Labute approximate surface area is 492 Å². The fourth-order valence-corrected chi connectivity index (χ4v) is 15.0. The summed E-state index contributed by atoms with van der Waals surface area (Å²) in [7, 11) is 0. The molecule has 6 aromatic heterocycles. The molecule has 1 atom stereocenters. The van der Waals surface area contributed by atoms with Gasteiger partial charge in [-0.25, -0.2) is 4.85 Å². The Morgan fingerprint density at radius 2 is 0.767 bits per heavy atom. The van der Waals surface area contributed by atoms with Crippen LogP contribution < -0.4 is 4.74 Å². The number of fused-ring (bicyclic) bond motifs is 21. The number of nitrogens with zero attached hydrogens (tertiary/aromatic N) is 7. The summed E-state index contributed by atoms with van der Waals surface area (Å²) < 4.78 is 16.8. The second-order valence-electron chi connectivity index (χ2n) is 22.7. The van der Waals surface area contributed by atoms with E-state index >= 15 is 0 Å². The minimum absolute atomic E-state index is 0.603. The Bertz CT molecular complexity index is 5740. The highest BCUT2D eigenvalue weighted by molar-refractivity contribution is 6.13. The van der Waals surface area contributed by atoms with Crippen molar-refractivity contribution in [2.45, 2.75) is 5.41 Å². The first-order valence-electron chi connectivity index (χ1n) is 29.1. The zero-order valence-electron chi connectivity index (χ0n) is 46.0. The van der Waals surface area contributed by atoms with Gasteiger partial charge in [-0.3, -0.25) is 9.97 Å². The third kappa shape index (κ3) is 6.24. The SMILES string of the molecule is [C-]#[N+]c1ccc2c(c1)c1ccccc1n2-c1cnc2c(c1)C1(c3ccc(-n4c5ccccc5c5ccccc54)cc3Oc3ccc(-c4ccc5c(c4)c4ccccc4n5-c4ccc(-n5c6ccccc6c6ccccc65)cc4)cc31)c1cccnc1-2. The average molecular weight is 1100 g/mol. The molecule has 19 rings (SSSR count). The summed E-state index contributed by atoms with van der Waals surface area (Å²) in [5.41, 5.74) is 20.6. The van der Waals surface area contributed by atoms with Crippen LogP contribution in [-0.4, -0.2) is 28.2 Å². The topological polar surface area (TPSA) is 59.1 Å². The van der Waals surface area contributed by atoms with E-state index in [1.165, 1.54) is 43.4 Å². The molecule has 17 aromatic rings. The summed E-state index contributed by atoms with van der Waals surface area (Å²) in [5.74, 6) is 1.53. The first-order chi connectivity index (χ1) is 42.6. The number of rotatable bonds is 5. The van der Waals surface area contributed by atoms with Crippen molar-refractivity contribution in [1.82, 2.24) is 28.2 Å². The maximum absolute atomic E-state index is 7.92. The minimum atomic E-state index is -0.929. The number of benzene rings is 11. The summed E-state index contributed by atoms with van der Waals surface area (Å²) in [6.07, 6.45) is 3.87. The number of aromatic nitrogens is 6. The quantitative estimate of drug-likeness (QED) is 0.161. The lowest BCUT2D eigenvalue weighted by atomic mass is 9.66. The predicted octanol–water partition coefficient (Wildman–Crippen LogP) is 19.6. The molecule has 8 nitrogen and oxygen atoms in total. The highest BCUT2D eigenvalue weighted by Crippen LogP contribution is 2.62. The standard InChI is InChI=1S/C78H45N7O/c1-79-49-30-38-73-61(43-49)59-20-7-13-27-71(59)85(73)53-44-65-77(81-46-53)76-63(21-14-40-80-76)78(65)62-36-35-52(84-68-24-10-4-17-56(68)57-18-5-11-25-69(57)84)45-75(62)86-74-39-29-48(42-64(74)78)47-28-37-72-60(41-47)58-19-6-12-26-70(58)83(72)51-33-31-50(32-34-51)82-66-22-8-2-15-54(66)55-16-3-9-23-67(55)82/h2-46H. The van der Waals surface area contributed by atoms with E-state index in [1.807, 2.05) is 24.5 Å². The van der Waals surface area contributed by atoms with Crippen LogP contribution in [-0.2, 0) is 5.41 Å². The molecule has 8 heteroatoms. The van der Waals surface area contributed by atoms with E-state index in [2.05, 4.69) is 272 Å². The van der Waals surface area contributed by atoms with Gasteiger partial charge in [0.1, 0.15) is 11.5 Å². The van der Waals surface area contributed by atoms with Gasteiger partial charge in [0.2, 0.25) is 0 Å². The van der Waals surface area contributed by atoms with Gasteiger partial charge in [-0.2, -0.15) is 0 Å². The van der Waals surface area contributed by atoms with E-state index in [0.29, 0.717) is 5.69 Å². The number of hydrogen-bond donors (Lipinski definition) is 0. The van der Waals surface area contributed by atoms with Crippen molar-refractivity contribution in [3.05, 3.63) is 307 Å². The molecule has 0 fully saturated rings. The Hall–Kier alpha value is -11.8. The monoisotopic (exact) mass is 1100 g/mol. The zero-order valence-corrected chi connectivity index (χ0v) is 46.0. The van der Waals surface area contributed by atoms with Gasteiger partial charge in [0.05, 0.1) is 79.4 Å². The highest BCUT2D eigenvalue weighted by Gasteiger charge is 2.53. The Kier molecular flexibility index (Phi) is 9.45. The largest absolute Gasteiger partial charge is 0.457 e. The molecular formula is C78H45N7O. The highest BCUT2D eigenvalue weighted by atomic mass is 16.5. The van der Waals surface area contributed by atoms with Crippen molar-refractivity contribution in [2.24, 2.45) is 0 Å². The Morgan fingerprint density at radius 1 is 0.314 bits per heavy atom. The van der Waals surface area contributed by atoms with E-state index in [0.717, 1.165) is 123 Å². The van der Waals surface area contributed by atoms with Crippen LogP contribution in [0.25, 0.3) is 137 Å². The minimum Gasteiger partial charge on any atom is -0.457 e. The third-order valence-electron chi connectivity index (χ3n) is 18.5. The van der Waals surface area contributed by atoms with E-state index in [9.17, 15) is 0 Å². The van der Waals surface area contributed by atoms with Crippen molar-refractivity contribution >= 4 is 92.9 Å². The van der Waals surface area contributed by atoms with E-state index in [-0.39, 0.29) is 0 Å². The van der Waals surface area contributed by atoms with Crippen molar-refractivity contribution < 1.29 is 4.74 Å². The van der Waals surface area contributed by atoms with Gasteiger partial charge in [0, 0.05) is 83.7 Å². The molecule has 7 heterocycles. The van der Waals surface area contributed by atoms with Gasteiger partial charge < -0.3 is 23.0 Å². The molecule has 2 aliphatic rings. The summed E-state index contributed by atoms with van der Waals surface area (Å²) in [6, 6.07) is 93.9. The Morgan fingerprint density at radius 3 is 1.34 bits per heavy atom. The van der Waals surface area contributed by atoms with Gasteiger partial charge in [-0.1, -0.05) is 140 Å². The van der Waals surface area contributed by atoms with Gasteiger partial charge in [-0.05, 0) is 137 Å². The molecule has 0 N–H and O–H groups in total. The van der Waals surface area contributed by atoms with Crippen LogP contribution in [0, 0.1) is 6.57 Å². The lowest BCUT2D eigenvalue weighted by molar-refractivity contribution is 0.436. The van der Waals surface area contributed by atoms with Crippen LogP contribution in [0.15, 0.2) is 273 Å². The lowest BCUT2D eigenvalue weighted by Crippen LogP contribution is -2.32. The molecule has 0 saturated heterocycles. The first kappa shape index (κ1) is 46.8. The van der Waals surface area contributed by atoms with Gasteiger partial charge in [-0.15, -0.1) is 0 Å². The van der Waals surface area contributed by atoms with Gasteiger partial charge in [0.25, 0.3) is 0 Å². The molecule has 0 radical (unpaired) electrons. The van der Waals surface area contributed by atoms with Crippen molar-refractivity contribution in [3.8, 4) is 56.8 Å². The molecule has 398 valence electrons. The third-order valence-corrected chi connectivity index (χ3v) is 18.5. The van der Waals surface area contributed by atoms with Crippen molar-refractivity contribution in [1.29, 1.82) is 0 Å². The second kappa shape index (κ2) is 17.4. The summed E-state index contributed by atoms with van der Waals surface area (Å²) in [4.78, 5) is 14.5. The molecule has 86 heavy (non-hydrogen) atoms. The van der Waals surface area contributed by atoms with Crippen LogP contribution >= 0.6 is 0 Å². The maximum atomic E-state index is 7.92. The average Bonchev–Trinajstić information content (AvgIpc) is 1.52. The number of hydrogen-bond acceptors (Lipinski definition) is 3. The summed E-state index contributed by atoms with van der Waals surface area (Å²) >= 11 is 0. The zero-order chi connectivity index (χ0) is 56.4. The number of para-hydroxylation sites is 6. The van der Waals surface area contributed by atoms with Crippen LogP contribution in [0.1, 0.15) is 22.3 Å². The Balaban J connectivity index is 0.814. The van der Waals surface area contributed by atoms with Crippen LogP contribution in [0.4, 0.5) is 5.69 Å². The van der Waals surface area contributed by atoms with E-state index in [4.69, 9.17) is 21.3 Å². The van der Waals surface area contributed by atoms with E-state index in [1.54, 1.807) is 0 Å². The smallest absolute Gasteiger partial charge is 0.188 e. The fourth-order valence-electron chi connectivity index (χ4n) is 15.0. The number of pyridine rings is 2. The summed E-state index contributed by atoms with van der Waals surface area (Å²) in [5, 5.41) is 9.33. The van der Waals surface area contributed by atoms with Crippen LogP contribution in [0.5, 0.6) is 11.5 Å². The molecule has 1 aliphatic carbocycles. The fraction of sp³-hybridized carbons (Fsp3) is 0.0128. The lowest BCUT2D eigenvalue weighted by Gasteiger charge is -2.39. The van der Waals surface area contributed by atoms with Crippen molar-refractivity contribution in [3.63, 3.8) is 0 Å². The molecule has 1 aliphatic heterocycles. The predicted molar refractivity (Wildman–Crippen MR) is 348 cm³/mol. The van der Waals surface area contributed by atoms with Crippen LogP contribution in [0.2, 0.25) is 0 Å². The summed E-state index contributed by atoms with van der Waals surface area (Å²) in [6.45, 7) is 7.92. The molecule has 0 bridgehead atoms. The molecular weight excluding hydrogens is 1050 g/mol. The normalized spacial score (nSPS) is 14.2. The molecule has 1 unspecified atom stereocenters. The van der Waals surface area contributed by atoms with Gasteiger partial charge in [0.15, 0.2) is 5.69 Å². The van der Waals surface area contributed by atoms with Crippen LogP contribution in [0.3, 0.4) is 0 Å². The maximum Gasteiger partial charge on any atom is 0.188 e. The molecule has 0 saturated carbocycles. The van der Waals surface area contributed by atoms with Gasteiger partial charge >= 0.3 is 0 Å². The van der Waals surface area contributed by atoms with E-state index < -0.39 is 5.41 Å². The number of ether oxygens (including phenoxy) is 1. The molecule has 0 amide bonds. The molecule has 1 spiro atoms. The first-order valence-corrected chi connectivity index (χ1v) is 29.1. The second-order valence-corrected chi connectivity index (χ2v) is 22.7.